The molecular weight excluding hydrogens is 573 g/mol. The van der Waals surface area contributed by atoms with Crippen LogP contribution in [0, 0.1) is 17.1 Å². The molecule has 0 N–H and O–H groups in total. The molecule has 2 aromatic heterocycles. The third-order valence-corrected chi connectivity index (χ3v) is 7.16. The van der Waals surface area contributed by atoms with E-state index in [0.29, 0.717) is 21.1 Å². The van der Waals surface area contributed by atoms with Gasteiger partial charge in [-0.25, -0.2) is 14.2 Å². The number of carbonyl (C=O) groups excluding carboxylic acids is 1. The second-order valence-electron chi connectivity index (χ2n) is 11.1. The number of pyridine rings is 1. The maximum atomic E-state index is 15.2. The van der Waals surface area contributed by atoms with Crippen molar-refractivity contribution in [2.24, 2.45) is 0 Å². The van der Waals surface area contributed by atoms with Crippen molar-refractivity contribution < 1.29 is 28.1 Å². The van der Waals surface area contributed by atoms with Gasteiger partial charge >= 0.3 is 6.09 Å². The first-order valence-corrected chi connectivity index (χ1v) is 14.1. The number of rotatable bonds is 7. The largest absolute Gasteiger partial charge is 0.488 e. The molecule has 4 rings (SSSR count). The molecule has 1 aliphatic heterocycles. The molecule has 218 valence electrons. The zero-order chi connectivity index (χ0) is 30.1. The molecular formula is C28H31ClFN5O5S. The Labute approximate surface area is 247 Å². The molecule has 1 fully saturated rings. The highest BCUT2D eigenvalue weighted by molar-refractivity contribution is 7.18. The first-order chi connectivity index (χ1) is 19.2. The Morgan fingerprint density at radius 1 is 1.29 bits per heavy atom. The molecule has 41 heavy (non-hydrogen) atoms. The van der Waals surface area contributed by atoms with E-state index in [4.69, 9.17) is 30.5 Å². The second kappa shape index (κ2) is 11.8. The van der Waals surface area contributed by atoms with Crippen molar-refractivity contribution in [3.05, 3.63) is 40.8 Å². The lowest BCUT2D eigenvalue weighted by molar-refractivity contribution is -0.0637. The third-order valence-electron chi connectivity index (χ3n) is 5.84. The van der Waals surface area contributed by atoms with E-state index in [-0.39, 0.29) is 41.5 Å². The van der Waals surface area contributed by atoms with Crippen LogP contribution in [0.4, 0.5) is 9.18 Å². The highest BCUT2D eigenvalue weighted by Crippen LogP contribution is 2.38. The number of nitriles is 1. The average Bonchev–Trinajstić information content (AvgIpc) is 3.47. The zero-order valence-corrected chi connectivity index (χ0v) is 25.4. The van der Waals surface area contributed by atoms with Crippen molar-refractivity contribution in [2.75, 3.05) is 13.2 Å². The van der Waals surface area contributed by atoms with Crippen LogP contribution in [-0.4, -0.2) is 62.9 Å². The van der Waals surface area contributed by atoms with Crippen molar-refractivity contribution in [1.82, 2.24) is 20.1 Å². The molecule has 0 aliphatic carbocycles. The predicted molar refractivity (Wildman–Crippen MR) is 151 cm³/mol. The van der Waals surface area contributed by atoms with Crippen LogP contribution >= 0.6 is 22.9 Å². The lowest BCUT2D eigenvalue weighted by atomic mass is 10.2. The van der Waals surface area contributed by atoms with Crippen LogP contribution in [0.5, 0.6) is 11.6 Å². The van der Waals surface area contributed by atoms with E-state index in [2.05, 4.69) is 21.3 Å². The van der Waals surface area contributed by atoms with Crippen molar-refractivity contribution in [3.8, 4) is 38.8 Å². The molecule has 13 heteroatoms. The van der Waals surface area contributed by atoms with Crippen LogP contribution < -0.4 is 9.47 Å². The normalized spacial score (nSPS) is 16.5. The molecule has 0 radical (unpaired) electrons. The maximum Gasteiger partial charge on any atom is 0.413 e. The van der Waals surface area contributed by atoms with E-state index in [1.807, 2.05) is 13.8 Å². The van der Waals surface area contributed by atoms with Gasteiger partial charge in [-0.3, -0.25) is 4.90 Å². The van der Waals surface area contributed by atoms with Crippen LogP contribution in [0.1, 0.15) is 54.0 Å². The van der Waals surface area contributed by atoms with Gasteiger partial charge in [0.1, 0.15) is 39.6 Å². The summed E-state index contributed by atoms with van der Waals surface area (Å²) in [6.45, 7) is 12.7. The minimum Gasteiger partial charge on any atom is -0.488 e. The SMILES string of the molecule is CC(C)Oc1ncc(-c2nnc(-c3cc(F)c(OC[C@H]4COC(C)(C)N4C(=O)OC(C)(C)C)cc3Cl)s2)cc1C#N. The molecule has 1 aromatic carbocycles. The van der Waals surface area contributed by atoms with Gasteiger partial charge in [0.2, 0.25) is 5.88 Å². The van der Waals surface area contributed by atoms with Crippen LogP contribution in [0.15, 0.2) is 24.4 Å². The molecule has 3 heterocycles. The molecule has 0 spiro atoms. The fraction of sp³-hybridized carbons (Fsp3) is 0.464. The van der Waals surface area contributed by atoms with Gasteiger partial charge in [-0.05, 0) is 60.6 Å². The number of hydrogen-bond donors (Lipinski definition) is 0. The Kier molecular flexibility index (Phi) is 8.73. The molecule has 1 aliphatic rings. The van der Waals surface area contributed by atoms with Crippen molar-refractivity contribution >= 4 is 29.0 Å². The Bertz CT molecular complexity index is 1480. The molecule has 1 amide bonds. The molecule has 3 aromatic rings. The summed E-state index contributed by atoms with van der Waals surface area (Å²) < 4.78 is 37.8. The predicted octanol–water partition coefficient (Wildman–Crippen LogP) is 6.47. The van der Waals surface area contributed by atoms with Crippen LogP contribution in [0.2, 0.25) is 5.02 Å². The summed E-state index contributed by atoms with van der Waals surface area (Å²) in [5, 5.41) is 18.9. The second-order valence-corrected chi connectivity index (χ2v) is 12.5. The first kappa shape index (κ1) is 30.4. The highest BCUT2D eigenvalue weighted by Gasteiger charge is 2.46. The average molecular weight is 604 g/mol. The summed E-state index contributed by atoms with van der Waals surface area (Å²) in [6, 6.07) is 5.77. The first-order valence-electron chi connectivity index (χ1n) is 12.9. The van der Waals surface area contributed by atoms with E-state index < -0.39 is 29.3 Å². The number of ether oxygens (including phenoxy) is 4. The fourth-order valence-corrected chi connectivity index (χ4v) is 5.24. The Morgan fingerprint density at radius 2 is 2.00 bits per heavy atom. The monoisotopic (exact) mass is 603 g/mol. The van der Waals surface area contributed by atoms with Crippen LogP contribution in [0.25, 0.3) is 21.1 Å². The van der Waals surface area contributed by atoms with Crippen molar-refractivity contribution in [2.45, 2.75) is 71.9 Å². The van der Waals surface area contributed by atoms with Gasteiger partial charge in [0.25, 0.3) is 0 Å². The Morgan fingerprint density at radius 3 is 2.66 bits per heavy atom. The van der Waals surface area contributed by atoms with E-state index in [1.54, 1.807) is 40.7 Å². The number of carbonyl (C=O) groups is 1. The van der Waals surface area contributed by atoms with Crippen molar-refractivity contribution in [1.29, 1.82) is 5.26 Å². The number of nitrogens with zero attached hydrogens (tertiary/aromatic N) is 5. The summed E-state index contributed by atoms with van der Waals surface area (Å²) in [7, 11) is 0. The molecule has 1 atom stereocenters. The number of benzene rings is 1. The zero-order valence-electron chi connectivity index (χ0n) is 23.8. The van der Waals surface area contributed by atoms with Gasteiger partial charge in [0, 0.05) is 23.4 Å². The van der Waals surface area contributed by atoms with Crippen LogP contribution in [-0.2, 0) is 9.47 Å². The Balaban J connectivity index is 1.51. The number of halogens is 2. The van der Waals surface area contributed by atoms with Crippen molar-refractivity contribution in [3.63, 3.8) is 0 Å². The summed E-state index contributed by atoms with van der Waals surface area (Å²) in [4.78, 5) is 18.6. The summed E-state index contributed by atoms with van der Waals surface area (Å²) >= 11 is 7.68. The molecule has 0 bridgehead atoms. The van der Waals surface area contributed by atoms with Crippen LogP contribution in [0.3, 0.4) is 0 Å². The lowest BCUT2D eigenvalue weighted by Gasteiger charge is -2.35. The number of aromatic nitrogens is 3. The van der Waals surface area contributed by atoms with Gasteiger partial charge in [-0.15, -0.1) is 10.2 Å². The topological polar surface area (TPSA) is 120 Å². The highest BCUT2D eigenvalue weighted by atomic mass is 35.5. The lowest BCUT2D eigenvalue weighted by Crippen LogP contribution is -2.51. The molecule has 0 saturated carbocycles. The summed E-state index contributed by atoms with van der Waals surface area (Å²) in [5.41, 5.74) is -0.457. The minimum absolute atomic E-state index is 0.0387. The number of hydrogen-bond acceptors (Lipinski definition) is 10. The quantitative estimate of drug-likeness (QED) is 0.299. The van der Waals surface area contributed by atoms with Gasteiger partial charge in [0.05, 0.1) is 23.8 Å². The van der Waals surface area contributed by atoms with E-state index in [0.717, 1.165) is 0 Å². The van der Waals surface area contributed by atoms with E-state index >= 15 is 4.39 Å². The summed E-state index contributed by atoms with van der Waals surface area (Å²) in [6.07, 6.45) is 0.852. The smallest absolute Gasteiger partial charge is 0.413 e. The third kappa shape index (κ3) is 7.04. The molecule has 1 saturated heterocycles. The molecule has 0 unspecified atom stereocenters. The van der Waals surface area contributed by atoms with E-state index in [1.165, 1.54) is 34.6 Å². The van der Waals surface area contributed by atoms with E-state index in [9.17, 15) is 10.1 Å². The maximum absolute atomic E-state index is 15.2. The summed E-state index contributed by atoms with van der Waals surface area (Å²) in [5.74, 6) is -0.508. The van der Waals surface area contributed by atoms with Gasteiger partial charge in [-0.2, -0.15) is 5.26 Å². The van der Waals surface area contributed by atoms with Gasteiger partial charge in [-0.1, -0.05) is 22.9 Å². The minimum atomic E-state index is -0.919. The fourth-order valence-electron chi connectivity index (χ4n) is 4.09. The standard InChI is InChI=1S/C28H31ClFN5O5S/c1-15(2)39-23-16(11-31)8-17(12-32-23)24-33-34-25(41-24)19-9-21(30)22(10-20(19)29)37-13-18-14-38-28(6,7)35(18)26(36)40-27(3,4)5/h8-10,12,15,18H,13-14H2,1-7H3/t18-/m0/s1. The van der Waals surface area contributed by atoms with Gasteiger partial charge in [0.15, 0.2) is 11.6 Å². The van der Waals surface area contributed by atoms with Gasteiger partial charge < -0.3 is 18.9 Å². The number of amides is 1. The Hall–Kier alpha value is -3.53. The molecule has 10 nitrogen and oxygen atoms in total.